The molecule has 2 heterocycles. The lowest BCUT2D eigenvalue weighted by Crippen LogP contribution is -2.49. The lowest BCUT2D eigenvalue weighted by molar-refractivity contribution is -0.143. The van der Waals surface area contributed by atoms with Crippen LogP contribution < -0.4 is 9.64 Å². The average molecular weight is 383 g/mol. The Kier molecular flexibility index (Phi) is 4.92. The van der Waals surface area contributed by atoms with Gasteiger partial charge in [-0.2, -0.15) is 0 Å². The first-order chi connectivity index (χ1) is 13.6. The van der Waals surface area contributed by atoms with E-state index >= 15 is 0 Å². The molecule has 2 aromatic carbocycles. The third-order valence-corrected chi connectivity index (χ3v) is 5.32. The van der Waals surface area contributed by atoms with Crippen LogP contribution in [0.5, 0.6) is 5.75 Å². The summed E-state index contributed by atoms with van der Waals surface area (Å²) in [6.07, 6.45) is 1.77. The number of H-pyrrole nitrogens is 1. The van der Waals surface area contributed by atoms with Gasteiger partial charge in [-0.05, 0) is 42.5 Å². The number of halogens is 1. The standard InChI is InChI=1S/C21H22FN3O3/c1-28-16-6-7-19-17(12-16)18(13-23-19)20(21(26)27)25-10-8-24(9-11-25)15-4-2-14(22)3-5-15/h2-7,12-13,20,23H,8-11H2,1H3,(H,26,27). The van der Waals surface area contributed by atoms with Gasteiger partial charge >= 0.3 is 5.97 Å². The smallest absolute Gasteiger partial charge is 0.325 e. The Balaban J connectivity index is 1.56. The Labute approximate surface area is 162 Å². The fourth-order valence-electron chi connectivity index (χ4n) is 3.85. The van der Waals surface area contributed by atoms with Gasteiger partial charge in [0.15, 0.2) is 0 Å². The van der Waals surface area contributed by atoms with Crippen LogP contribution in [0, 0.1) is 5.82 Å². The number of anilines is 1. The summed E-state index contributed by atoms with van der Waals surface area (Å²) in [5.41, 5.74) is 2.56. The van der Waals surface area contributed by atoms with Crippen molar-refractivity contribution in [2.24, 2.45) is 0 Å². The van der Waals surface area contributed by atoms with E-state index in [-0.39, 0.29) is 5.82 Å². The van der Waals surface area contributed by atoms with E-state index in [1.165, 1.54) is 12.1 Å². The number of nitrogens with zero attached hydrogens (tertiary/aromatic N) is 2. The highest BCUT2D eigenvalue weighted by molar-refractivity contribution is 5.90. The van der Waals surface area contributed by atoms with Gasteiger partial charge in [0, 0.05) is 54.5 Å². The first-order valence-corrected chi connectivity index (χ1v) is 9.19. The van der Waals surface area contributed by atoms with Crippen LogP contribution in [-0.2, 0) is 4.79 Å². The van der Waals surface area contributed by atoms with Crippen molar-refractivity contribution in [3.63, 3.8) is 0 Å². The molecule has 146 valence electrons. The summed E-state index contributed by atoms with van der Waals surface area (Å²) in [5.74, 6) is -0.444. The SMILES string of the molecule is COc1ccc2[nH]cc(C(C(=O)O)N3CCN(c4ccc(F)cc4)CC3)c2c1. The largest absolute Gasteiger partial charge is 0.497 e. The van der Waals surface area contributed by atoms with Crippen molar-refractivity contribution >= 4 is 22.6 Å². The first kappa shape index (κ1) is 18.3. The number of hydrogen-bond donors (Lipinski definition) is 2. The lowest BCUT2D eigenvalue weighted by atomic mass is 10.0. The van der Waals surface area contributed by atoms with Crippen LogP contribution in [0.3, 0.4) is 0 Å². The zero-order chi connectivity index (χ0) is 19.7. The Morgan fingerprint density at radius 2 is 1.86 bits per heavy atom. The van der Waals surface area contributed by atoms with E-state index in [1.807, 2.05) is 23.1 Å². The van der Waals surface area contributed by atoms with Crippen molar-refractivity contribution in [3.8, 4) is 5.75 Å². The molecular weight excluding hydrogens is 361 g/mol. The summed E-state index contributed by atoms with van der Waals surface area (Å²) >= 11 is 0. The summed E-state index contributed by atoms with van der Waals surface area (Å²) in [7, 11) is 1.59. The maximum Gasteiger partial charge on any atom is 0.325 e. The number of aliphatic carboxylic acids is 1. The van der Waals surface area contributed by atoms with E-state index in [0.717, 1.165) is 22.2 Å². The molecule has 0 saturated carbocycles. The second-order valence-electron chi connectivity index (χ2n) is 6.90. The molecule has 1 unspecified atom stereocenters. The number of hydrogen-bond acceptors (Lipinski definition) is 4. The Bertz CT molecular complexity index is 978. The Morgan fingerprint density at radius 1 is 1.14 bits per heavy atom. The van der Waals surface area contributed by atoms with Gasteiger partial charge in [0.2, 0.25) is 0 Å². The van der Waals surface area contributed by atoms with E-state index in [2.05, 4.69) is 9.88 Å². The molecule has 0 aliphatic carbocycles. The molecule has 6 nitrogen and oxygen atoms in total. The highest BCUT2D eigenvalue weighted by Crippen LogP contribution is 2.32. The number of fused-ring (bicyclic) bond motifs is 1. The van der Waals surface area contributed by atoms with Gasteiger partial charge < -0.3 is 19.7 Å². The minimum atomic E-state index is -0.876. The number of methoxy groups -OCH3 is 1. The molecule has 28 heavy (non-hydrogen) atoms. The molecule has 1 atom stereocenters. The molecule has 7 heteroatoms. The van der Waals surface area contributed by atoms with Crippen LogP contribution >= 0.6 is 0 Å². The van der Waals surface area contributed by atoms with Crippen LogP contribution in [0.15, 0.2) is 48.7 Å². The highest BCUT2D eigenvalue weighted by atomic mass is 19.1. The quantitative estimate of drug-likeness (QED) is 0.708. The minimum absolute atomic E-state index is 0.261. The molecule has 3 aromatic rings. The molecule has 1 saturated heterocycles. The summed E-state index contributed by atoms with van der Waals surface area (Å²) in [5, 5.41) is 10.8. The lowest BCUT2D eigenvalue weighted by Gasteiger charge is -2.38. The van der Waals surface area contributed by atoms with Crippen molar-refractivity contribution in [1.29, 1.82) is 0 Å². The van der Waals surface area contributed by atoms with E-state index in [1.54, 1.807) is 25.4 Å². The average Bonchev–Trinajstić information content (AvgIpc) is 3.12. The summed E-state index contributed by atoms with van der Waals surface area (Å²) in [6, 6.07) is 11.3. The number of carboxylic acids is 1. The summed E-state index contributed by atoms with van der Waals surface area (Å²) in [4.78, 5) is 19.4. The van der Waals surface area contributed by atoms with Gasteiger partial charge in [-0.15, -0.1) is 0 Å². The third kappa shape index (κ3) is 3.41. The van der Waals surface area contributed by atoms with E-state index in [9.17, 15) is 14.3 Å². The van der Waals surface area contributed by atoms with Gasteiger partial charge in [0.1, 0.15) is 17.6 Å². The molecule has 0 spiro atoms. The normalized spacial score (nSPS) is 16.3. The highest BCUT2D eigenvalue weighted by Gasteiger charge is 2.32. The molecular formula is C21H22FN3O3. The second kappa shape index (κ2) is 7.52. The van der Waals surface area contributed by atoms with Gasteiger partial charge in [0.05, 0.1) is 7.11 Å². The zero-order valence-electron chi connectivity index (χ0n) is 15.6. The Morgan fingerprint density at radius 3 is 2.50 bits per heavy atom. The molecule has 0 amide bonds. The molecule has 1 aromatic heterocycles. The molecule has 1 aliphatic heterocycles. The number of aromatic amines is 1. The van der Waals surface area contributed by atoms with Gasteiger partial charge in [-0.25, -0.2) is 4.39 Å². The fourth-order valence-corrected chi connectivity index (χ4v) is 3.85. The predicted molar refractivity (Wildman–Crippen MR) is 105 cm³/mol. The molecule has 0 bridgehead atoms. The number of carboxylic acid groups (broad SMARTS) is 1. The molecule has 0 radical (unpaired) electrons. The van der Waals surface area contributed by atoms with Crippen molar-refractivity contribution in [3.05, 3.63) is 60.0 Å². The van der Waals surface area contributed by atoms with Gasteiger partial charge in [-0.1, -0.05) is 0 Å². The van der Waals surface area contributed by atoms with Crippen molar-refractivity contribution < 1.29 is 19.0 Å². The zero-order valence-corrected chi connectivity index (χ0v) is 15.6. The van der Waals surface area contributed by atoms with E-state index in [4.69, 9.17) is 4.74 Å². The maximum atomic E-state index is 13.1. The first-order valence-electron chi connectivity index (χ1n) is 9.19. The van der Waals surface area contributed by atoms with Crippen molar-refractivity contribution in [2.75, 3.05) is 38.2 Å². The Hall–Kier alpha value is -3.06. The third-order valence-electron chi connectivity index (χ3n) is 5.32. The topological polar surface area (TPSA) is 68.8 Å². The fraction of sp³-hybridized carbons (Fsp3) is 0.286. The number of benzene rings is 2. The number of piperazine rings is 1. The number of ether oxygens (including phenoxy) is 1. The number of nitrogens with one attached hydrogen (secondary N) is 1. The van der Waals surface area contributed by atoms with Gasteiger partial charge in [0.25, 0.3) is 0 Å². The molecule has 4 rings (SSSR count). The molecule has 1 aliphatic rings. The van der Waals surface area contributed by atoms with Gasteiger partial charge in [-0.3, -0.25) is 9.69 Å². The van der Waals surface area contributed by atoms with Crippen LogP contribution in [-0.4, -0.2) is 54.2 Å². The molecule has 2 N–H and O–H groups in total. The van der Waals surface area contributed by atoms with E-state index in [0.29, 0.717) is 31.9 Å². The molecule has 1 fully saturated rings. The monoisotopic (exact) mass is 383 g/mol. The van der Waals surface area contributed by atoms with Crippen LogP contribution in [0.1, 0.15) is 11.6 Å². The van der Waals surface area contributed by atoms with Crippen molar-refractivity contribution in [2.45, 2.75) is 6.04 Å². The summed E-state index contributed by atoms with van der Waals surface area (Å²) in [6.45, 7) is 2.57. The van der Waals surface area contributed by atoms with Crippen LogP contribution in [0.2, 0.25) is 0 Å². The van der Waals surface area contributed by atoms with E-state index < -0.39 is 12.0 Å². The number of aromatic nitrogens is 1. The summed E-state index contributed by atoms with van der Waals surface area (Å²) < 4.78 is 18.4. The number of rotatable bonds is 5. The van der Waals surface area contributed by atoms with Crippen LogP contribution in [0.4, 0.5) is 10.1 Å². The number of carbonyl (C=O) groups is 1. The maximum absolute atomic E-state index is 13.1. The predicted octanol–water partition coefficient (Wildman–Crippen LogP) is 3.26. The minimum Gasteiger partial charge on any atom is -0.497 e. The van der Waals surface area contributed by atoms with Crippen molar-refractivity contribution in [1.82, 2.24) is 9.88 Å². The second-order valence-corrected chi connectivity index (χ2v) is 6.90. The van der Waals surface area contributed by atoms with Crippen LogP contribution in [0.25, 0.3) is 10.9 Å².